The average molecular weight is 261 g/mol. The van der Waals surface area contributed by atoms with Gasteiger partial charge in [-0.1, -0.05) is 13.0 Å². The van der Waals surface area contributed by atoms with Crippen LogP contribution < -0.4 is 5.32 Å². The zero-order valence-corrected chi connectivity index (χ0v) is 11.7. The molecule has 0 fully saturated rings. The highest BCUT2D eigenvalue weighted by atomic mass is 19.1. The van der Waals surface area contributed by atoms with Crippen molar-refractivity contribution in [2.45, 2.75) is 26.3 Å². The number of halogens is 1. The van der Waals surface area contributed by atoms with Crippen molar-refractivity contribution >= 4 is 0 Å². The molecule has 2 rings (SSSR count). The average Bonchev–Trinajstić information content (AvgIpc) is 2.77. The molecule has 0 aliphatic rings. The van der Waals surface area contributed by atoms with Crippen molar-refractivity contribution in [3.8, 4) is 0 Å². The van der Waals surface area contributed by atoms with Gasteiger partial charge in [0.15, 0.2) is 0 Å². The molecule has 0 radical (unpaired) electrons. The molecule has 0 saturated carbocycles. The molecule has 0 aliphatic carbocycles. The molecule has 1 unspecified atom stereocenters. The SMILES string of the molecule is CCNC(Cc1ccn(C)n1)c1cc(F)ccc1C. The Morgan fingerprint density at radius 1 is 1.37 bits per heavy atom. The summed E-state index contributed by atoms with van der Waals surface area (Å²) in [4.78, 5) is 0. The Morgan fingerprint density at radius 2 is 2.16 bits per heavy atom. The fraction of sp³-hybridized carbons (Fsp3) is 0.400. The quantitative estimate of drug-likeness (QED) is 0.897. The minimum Gasteiger partial charge on any atom is -0.310 e. The molecule has 1 N–H and O–H groups in total. The zero-order chi connectivity index (χ0) is 13.8. The minimum atomic E-state index is -0.190. The summed E-state index contributed by atoms with van der Waals surface area (Å²) in [6, 6.07) is 7.04. The number of nitrogens with one attached hydrogen (secondary N) is 1. The van der Waals surface area contributed by atoms with E-state index in [1.807, 2.05) is 32.3 Å². The second kappa shape index (κ2) is 5.97. The first-order chi connectivity index (χ1) is 9.10. The van der Waals surface area contributed by atoms with Crippen LogP contribution in [0.4, 0.5) is 4.39 Å². The number of benzene rings is 1. The molecule has 3 nitrogen and oxygen atoms in total. The highest BCUT2D eigenvalue weighted by Gasteiger charge is 2.15. The van der Waals surface area contributed by atoms with Gasteiger partial charge in [0.1, 0.15) is 5.82 Å². The highest BCUT2D eigenvalue weighted by Crippen LogP contribution is 2.22. The van der Waals surface area contributed by atoms with Gasteiger partial charge in [0, 0.05) is 25.7 Å². The van der Waals surface area contributed by atoms with Crippen LogP contribution in [0, 0.1) is 12.7 Å². The standard InChI is InChI=1S/C15H20FN3/c1-4-17-15(10-13-7-8-19(3)18-13)14-9-12(16)6-5-11(14)2/h5-9,15,17H,4,10H2,1-3H3. The fourth-order valence-corrected chi connectivity index (χ4v) is 2.31. The van der Waals surface area contributed by atoms with E-state index in [1.165, 1.54) is 6.07 Å². The lowest BCUT2D eigenvalue weighted by Gasteiger charge is -2.19. The second-order valence-electron chi connectivity index (χ2n) is 4.80. The van der Waals surface area contributed by atoms with Gasteiger partial charge >= 0.3 is 0 Å². The van der Waals surface area contributed by atoms with E-state index in [2.05, 4.69) is 17.3 Å². The summed E-state index contributed by atoms with van der Waals surface area (Å²) in [6.45, 7) is 4.91. The van der Waals surface area contributed by atoms with Crippen LogP contribution in [0.1, 0.15) is 29.8 Å². The first-order valence-electron chi connectivity index (χ1n) is 6.58. The Morgan fingerprint density at radius 3 is 2.79 bits per heavy atom. The van der Waals surface area contributed by atoms with E-state index < -0.39 is 0 Å². The summed E-state index contributed by atoms with van der Waals surface area (Å²) in [6.07, 6.45) is 2.69. The van der Waals surface area contributed by atoms with Gasteiger partial charge in [0.2, 0.25) is 0 Å². The van der Waals surface area contributed by atoms with Crippen molar-refractivity contribution in [1.29, 1.82) is 0 Å². The van der Waals surface area contributed by atoms with Gasteiger partial charge in [-0.15, -0.1) is 0 Å². The van der Waals surface area contributed by atoms with Crippen molar-refractivity contribution in [1.82, 2.24) is 15.1 Å². The van der Waals surface area contributed by atoms with Gasteiger partial charge in [0.05, 0.1) is 5.69 Å². The monoisotopic (exact) mass is 261 g/mol. The van der Waals surface area contributed by atoms with Crippen molar-refractivity contribution in [3.05, 3.63) is 53.1 Å². The van der Waals surface area contributed by atoms with Crippen molar-refractivity contribution in [2.75, 3.05) is 6.54 Å². The number of hydrogen-bond acceptors (Lipinski definition) is 2. The van der Waals surface area contributed by atoms with Crippen LogP contribution in [0.15, 0.2) is 30.5 Å². The second-order valence-corrected chi connectivity index (χ2v) is 4.80. The van der Waals surface area contributed by atoms with Crippen LogP contribution in [0.2, 0.25) is 0 Å². The molecule has 19 heavy (non-hydrogen) atoms. The maximum atomic E-state index is 13.4. The summed E-state index contributed by atoms with van der Waals surface area (Å²) in [5.74, 6) is -0.190. The molecular formula is C15H20FN3. The zero-order valence-electron chi connectivity index (χ0n) is 11.7. The lowest BCUT2D eigenvalue weighted by atomic mass is 9.97. The Bertz CT molecular complexity index is 548. The number of aromatic nitrogens is 2. The lowest BCUT2D eigenvalue weighted by molar-refractivity contribution is 0.531. The van der Waals surface area contributed by atoms with E-state index >= 15 is 0 Å². The van der Waals surface area contributed by atoms with Crippen LogP contribution >= 0.6 is 0 Å². The van der Waals surface area contributed by atoms with Crippen molar-refractivity contribution in [2.24, 2.45) is 7.05 Å². The molecule has 0 aliphatic heterocycles. The molecule has 2 aromatic rings. The molecular weight excluding hydrogens is 241 g/mol. The van der Waals surface area contributed by atoms with E-state index in [9.17, 15) is 4.39 Å². The van der Waals surface area contributed by atoms with Crippen molar-refractivity contribution < 1.29 is 4.39 Å². The van der Waals surface area contributed by atoms with Gasteiger partial charge in [-0.25, -0.2) is 4.39 Å². The van der Waals surface area contributed by atoms with E-state index in [0.717, 1.165) is 29.8 Å². The molecule has 1 heterocycles. The summed E-state index contributed by atoms with van der Waals surface area (Å²) >= 11 is 0. The predicted octanol–water partition coefficient (Wildman–Crippen LogP) is 2.76. The molecule has 1 aromatic heterocycles. The Hall–Kier alpha value is -1.68. The largest absolute Gasteiger partial charge is 0.310 e. The molecule has 0 spiro atoms. The lowest BCUT2D eigenvalue weighted by Crippen LogP contribution is -2.24. The molecule has 1 atom stereocenters. The third-order valence-electron chi connectivity index (χ3n) is 3.25. The number of rotatable bonds is 5. The van der Waals surface area contributed by atoms with Crippen molar-refractivity contribution in [3.63, 3.8) is 0 Å². The predicted molar refractivity (Wildman–Crippen MR) is 74.5 cm³/mol. The highest BCUT2D eigenvalue weighted by molar-refractivity contribution is 5.30. The van der Waals surface area contributed by atoms with Gasteiger partial charge in [-0.05, 0) is 42.8 Å². The summed E-state index contributed by atoms with van der Waals surface area (Å²) in [5.41, 5.74) is 3.12. The Kier molecular flexibility index (Phi) is 4.32. The minimum absolute atomic E-state index is 0.0931. The first-order valence-corrected chi connectivity index (χ1v) is 6.58. The van der Waals surface area contributed by atoms with Gasteiger partial charge in [-0.3, -0.25) is 4.68 Å². The van der Waals surface area contributed by atoms with E-state index in [-0.39, 0.29) is 11.9 Å². The van der Waals surface area contributed by atoms with Crippen LogP contribution in [0.3, 0.4) is 0 Å². The summed E-state index contributed by atoms with van der Waals surface area (Å²) in [7, 11) is 1.90. The summed E-state index contributed by atoms with van der Waals surface area (Å²) in [5, 5.41) is 7.80. The van der Waals surface area contributed by atoms with Crippen LogP contribution in [-0.4, -0.2) is 16.3 Å². The Balaban J connectivity index is 2.26. The fourth-order valence-electron chi connectivity index (χ4n) is 2.31. The molecule has 0 amide bonds. The Labute approximate surface area is 113 Å². The molecule has 4 heteroatoms. The maximum Gasteiger partial charge on any atom is 0.123 e. The van der Waals surface area contributed by atoms with Gasteiger partial charge in [-0.2, -0.15) is 5.10 Å². The number of aryl methyl sites for hydroxylation is 2. The molecule has 0 bridgehead atoms. The molecule has 1 aromatic carbocycles. The normalized spacial score (nSPS) is 12.6. The van der Waals surface area contributed by atoms with Gasteiger partial charge < -0.3 is 5.32 Å². The number of likely N-dealkylation sites (N-methyl/N-ethyl adjacent to an activating group) is 1. The first kappa shape index (κ1) is 13.7. The van der Waals surface area contributed by atoms with E-state index in [0.29, 0.717) is 0 Å². The smallest absolute Gasteiger partial charge is 0.123 e. The van der Waals surface area contributed by atoms with Crippen LogP contribution in [0.5, 0.6) is 0 Å². The molecule has 102 valence electrons. The maximum absolute atomic E-state index is 13.4. The van der Waals surface area contributed by atoms with Gasteiger partial charge in [0.25, 0.3) is 0 Å². The summed E-state index contributed by atoms with van der Waals surface area (Å²) < 4.78 is 15.2. The van der Waals surface area contributed by atoms with Crippen LogP contribution in [0.25, 0.3) is 0 Å². The van der Waals surface area contributed by atoms with E-state index in [4.69, 9.17) is 0 Å². The van der Waals surface area contributed by atoms with Crippen LogP contribution in [-0.2, 0) is 13.5 Å². The number of hydrogen-bond donors (Lipinski definition) is 1. The van der Waals surface area contributed by atoms with E-state index in [1.54, 1.807) is 10.7 Å². The third kappa shape index (κ3) is 3.41. The third-order valence-corrected chi connectivity index (χ3v) is 3.25. The topological polar surface area (TPSA) is 29.9 Å². The molecule has 0 saturated heterocycles. The number of nitrogens with zero attached hydrogens (tertiary/aromatic N) is 2.